The Balaban J connectivity index is 2.15. The molecule has 20 heavy (non-hydrogen) atoms. The lowest BCUT2D eigenvalue weighted by Gasteiger charge is -2.12. The molecule has 102 valence electrons. The van der Waals surface area contributed by atoms with Gasteiger partial charge in [-0.25, -0.2) is 9.97 Å². The summed E-state index contributed by atoms with van der Waals surface area (Å²) < 4.78 is 5.35. The van der Waals surface area contributed by atoms with Crippen molar-refractivity contribution in [1.82, 2.24) is 9.97 Å². The summed E-state index contributed by atoms with van der Waals surface area (Å²) in [4.78, 5) is 8.11. The lowest BCUT2D eigenvalue weighted by molar-refractivity contribution is 0.212. The molecule has 0 spiro atoms. The van der Waals surface area contributed by atoms with Crippen molar-refractivity contribution in [2.24, 2.45) is 0 Å². The molecule has 0 radical (unpaired) electrons. The lowest BCUT2D eigenvalue weighted by Crippen LogP contribution is -2.09. The highest BCUT2D eigenvalue weighted by molar-refractivity contribution is 5.35. The number of benzene rings is 1. The van der Waals surface area contributed by atoms with E-state index in [0.29, 0.717) is 16.7 Å². The summed E-state index contributed by atoms with van der Waals surface area (Å²) in [6.45, 7) is 3.78. The Morgan fingerprint density at radius 3 is 2.20 bits per heavy atom. The van der Waals surface area contributed by atoms with Gasteiger partial charge in [0.1, 0.15) is 6.10 Å². The molecule has 2 aromatic rings. The third kappa shape index (κ3) is 3.31. The third-order valence-corrected chi connectivity index (χ3v) is 2.66. The van der Waals surface area contributed by atoms with Crippen molar-refractivity contribution in [2.45, 2.75) is 26.1 Å². The van der Waals surface area contributed by atoms with Crippen LogP contribution in [0, 0.1) is 11.3 Å². The van der Waals surface area contributed by atoms with Gasteiger partial charge in [0, 0.05) is 18.0 Å². The molecule has 1 heterocycles. The van der Waals surface area contributed by atoms with Crippen LogP contribution in [0.25, 0.3) is 0 Å². The second-order valence-electron chi connectivity index (χ2n) is 4.60. The van der Waals surface area contributed by atoms with E-state index in [1.54, 1.807) is 24.3 Å². The number of aliphatic hydroxyl groups excluding tert-OH is 1. The van der Waals surface area contributed by atoms with Crippen LogP contribution in [0.2, 0.25) is 0 Å². The summed E-state index contributed by atoms with van der Waals surface area (Å²) >= 11 is 0. The Kier molecular flexibility index (Phi) is 4.28. The smallest absolute Gasteiger partial charge is 0.316 e. The van der Waals surface area contributed by atoms with E-state index in [-0.39, 0.29) is 12.1 Å². The molecule has 1 aromatic carbocycles. The van der Waals surface area contributed by atoms with E-state index in [1.165, 1.54) is 12.4 Å². The topological polar surface area (TPSA) is 79.0 Å². The van der Waals surface area contributed by atoms with Gasteiger partial charge in [-0.2, -0.15) is 5.26 Å². The largest absolute Gasteiger partial charge is 0.461 e. The Morgan fingerprint density at radius 2 is 1.70 bits per heavy atom. The fourth-order valence-electron chi connectivity index (χ4n) is 1.67. The molecule has 2 rings (SSSR count). The van der Waals surface area contributed by atoms with Crippen LogP contribution in [0.15, 0.2) is 36.7 Å². The van der Waals surface area contributed by atoms with E-state index < -0.39 is 6.10 Å². The zero-order chi connectivity index (χ0) is 14.5. The Morgan fingerprint density at radius 1 is 1.10 bits per heavy atom. The quantitative estimate of drug-likeness (QED) is 0.920. The fraction of sp³-hybridized carbons (Fsp3) is 0.267. The monoisotopic (exact) mass is 269 g/mol. The molecule has 1 N–H and O–H groups in total. The van der Waals surface area contributed by atoms with Crippen LogP contribution in [-0.4, -0.2) is 21.2 Å². The molecule has 1 atom stereocenters. The van der Waals surface area contributed by atoms with Crippen molar-refractivity contribution in [3.63, 3.8) is 0 Å². The zero-order valence-corrected chi connectivity index (χ0v) is 11.3. The van der Waals surface area contributed by atoms with Gasteiger partial charge in [0.05, 0.1) is 17.7 Å². The number of nitrogens with zero attached hydrogens (tertiary/aromatic N) is 3. The molecule has 0 aliphatic carbocycles. The number of rotatable bonds is 4. The van der Waals surface area contributed by atoms with E-state index in [9.17, 15) is 5.11 Å². The second-order valence-corrected chi connectivity index (χ2v) is 4.60. The number of nitriles is 1. The van der Waals surface area contributed by atoms with Crippen LogP contribution in [0.5, 0.6) is 6.01 Å². The minimum atomic E-state index is -0.823. The van der Waals surface area contributed by atoms with Gasteiger partial charge in [0.15, 0.2) is 0 Å². The molecular weight excluding hydrogens is 254 g/mol. The third-order valence-electron chi connectivity index (χ3n) is 2.66. The summed E-state index contributed by atoms with van der Waals surface area (Å²) in [5.74, 6) is 0. The van der Waals surface area contributed by atoms with Gasteiger partial charge in [-0.05, 0) is 31.5 Å². The molecule has 0 saturated carbocycles. The van der Waals surface area contributed by atoms with E-state index >= 15 is 0 Å². The molecule has 0 saturated heterocycles. The molecule has 0 fully saturated rings. The van der Waals surface area contributed by atoms with Gasteiger partial charge in [-0.15, -0.1) is 0 Å². The highest BCUT2D eigenvalue weighted by atomic mass is 16.5. The first kappa shape index (κ1) is 14.0. The molecule has 0 amide bonds. The normalized spacial score (nSPS) is 11.9. The van der Waals surface area contributed by atoms with Crippen molar-refractivity contribution < 1.29 is 9.84 Å². The number of hydrogen-bond acceptors (Lipinski definition) is 5. The van der Waals surface area contributed by atoms with Gasteiger partial charge in [0.2, 0.25) is 0 Å². The molecular formula is C15H15N3O2. The molecule has 0 bridgehead atoms. The van der Waals surface area contributed by atoms with Crippen LogP contribution in [0.1, 0.15) is 36.6 Å². The average Bonchev–Trinajstić information content (AvgIpc) is 2.47. The molecule has 5 heteroatoms. The van der Waals surface area contributed by atoms with Crippen molar-refractivity contribution in [1.29, 1.82) is 5.26 Å². The number of hydrogen-bond donors (Lipinski definition) is 1. The molecule has 5 nitrogen and oxygen atoms in total. The Bertz CT molecular complexity index is 601. The minimum Gasteiger partial charge on any atom is -0.461 e. The van der Waals surface area contributed by atoms with E-state index in [4.69, 9.17) is 10.00 Å². The van der Waals surface area contributed by atoms with E-state index in [0.717, 1.165) is 0 Å². The van der Waals surface area contributed by atoms with Gasteiger partial charge < -0.3 is 9.84 Å². The summed E-state index contributed by atoms with van der Waals surface area (Å²) in [6, 6.07) is 9.07. The zero-order valence-electron chi connectivity index (χ0n) is 11.3. The number of ether oxygens (including phenoxy) is 1. The van der Waals surface area contributed by atoms with Gasteiger partial charge >= 0.3 is 6.01 Å². The molecule has 1 unspecified atom stereocenters. The summed E-state index contributed by atoms with van der Waals surface area (Å²) in [7, 11) is 0. The predicted molar refractivity (Wildman–Crippen MR) is 73.0 cm³/mol. The predicted octanol–water partition coefficient (Wildman–Crippen LogP) is 2.22. The van der Waals surface area contributed by atoms with Crippen LogP contribution in [0.4, 0.5) is 0 Å². The highest BCUT2D eigenvalue weighted by Gasteiger charge is 2.12. The summed E-state index contributed by atoms with van der Waals surface area (Å²) in [5, 5.41) is 19.0. The Hall–Kier alpha value is -2.45. The summed E-state index contributed by atoms with van der Waals surface area (Å²) in [5.41, 5.74) is 1.81. The van der Waals surface area contributed by atoms with Crippen LogP contribution < -0.4 is 4.74 Å². The lowest BCUT2D eigenvalue weighted by atomic mass is 10.0. The van der Waals surface area contributed by atoms with E-state index in [2.05, 4.69) is 9.97 Å². The molecule has 0 aliphatic heterocycles. The second kappa shape index (κ2) is 6.13. The highest BCUT2D eigenvalue weighted by Crippen LogP contribution is 2.21. The SMILES string of the molecule is CC(C)Oc1ncc(C(O)c2ccc(C#N)cc2)cn1. The first-order valence-corrected chi connectivity index (χ1v) is 6.27. The van der Waals surface area contributed by atoms with Crippen molar-refractivity contribution in [3.05, 3.63) is 53.3 Å². The maximum absolute atomic E-state index is 10.2. The van der Waals surface area contributed by atoms with Crippen molar-refractivity contribution >= 4 is 0 Å². The molecule has 1 aromatic heterocycles. The average molecular weight is 269 g/mol. The van der Waals surface area contributed by atoms with Crippen LogP contribution >= 0.6 is 0 Å². The van der Waals surface area contributed by atoms with Gasteiger partial charge in [-0.1, -0.05) is 12.1 Å². The van der Waals surface area contributed by atoms with Crippen LogP contribution in [-0.2, 0) is 0 Å². The fourth-order valence-corrected chi connectivity index (χ4v) is 1.67. The first-order chi connectivity index (χ1) is 9.60. The van der Waals surface area contributed by atoms with Gasteiger partial charge in [-0.3, -0.25) is 0 Å². The maximum Gasteiger partial charge on any atom is 0.316 e. The number of aromatic nitrogens is 2. The van der Waals surface area contributed by atoms with Crippen molar-refractivity contribution in [3.8, 4) is 12.1 Å². The van der Waals surface area contributed by atoms with Crippen molar-refractivity contribution in [2.75, 3.05) is 0 Å². The molecule has 0 aliphatic rings. The standard InChI is InChI=1S/C15H15N3O2/c1-10(2)20-15-17-8-13(9-18-15)14(19)12-5-3-11(7-16)4-6-12/h3-6,8-10,14,19H,1-2H3. The minimum absolute atomic E-state index is 0.00398. The summed E-state index contributed by atoms with van der Waals surface area (Å²) in [6.07, 6.45) is 2.25. The van der Waals surface area contributed by atoms with E-state index in [1.807, 2.05) is 19.9 Å². The Labute approximate surface area is 117 Å². The maximum atomic E-state index is 10.2. The van der Waals surface area contributed by atoms with Gasteiger partial charge in [0.25, 0.3) is 0 Å². The first-order valence-electron chi connectivity index (χ1n) is 6.27. The van der Waals surface area contributed by atoms with Crippen LogP contribution in [0.3, 0.4) is 0 Å². The number of aliphatic hydroxyl groups is 1.